The molecule has 0 aliphatic heterocycles. The zero-order chi connectivity index (χ0) is 13.4. The molecule has 0 amide bonds. The van der Waals surface area contributed by atoms with Crippen LogP contribution in [0.1, 0.15) is 21.7 Å². The number of nitrogens with zero attached hydrogens (tertiary/aromatic N) is 3. The summed E-state index contributed by atoms with van der Waals surface area (Å²) in [5.41, 5.74) is 2.74. The van der Waals surface area contributed by atoms with Gasteiger partial charge in [-0.05, 0) is 30.7 Å². The molecule has 0 unspecified atom stereocenters. The Labute approximate surface area is 110 Å². The third-order valence-electron chi connectivity index (χ3n) is 3.10. The maximum absolute atomic E-state index is 12.3. The first kappa shape index (κ1) is 11.6. The van der Waals surface area contributed by atoms with Gasteiger partial charge in [-0.15, -0.1) is 0 Å². The first-order valence-electron chi connectivity index (χ1n) is 6.06. The van der Waals surface area contributed by atoms with Gasteiger partial charge < -0.3 is 0 Å². The van der Waals surface area contributed by atoms with Crippen molar-refractivity contribution >= 4 is 16.7 Å². The zero-order valence-corrected chi connectivity index (χ0v) is 10.8. The van der Waals surface area contributed by atoms with E-state index in [-0.39, 0.29) is 5.78 Å². The highest BCUT2D eigenvalue weighted by Gasteiger charge is 2.14. The molecule has 0 N–H and O–H groups in total. The Morgan fingerprint density at radius 1 is 1.16 bits per heavy atom. The number of carbonyl (C=O) groups excluding carboxylic acids is 1. The van der Waals surface area contributed by atoms with Crippen molar-refractivity contribution in [1.82, 2.24) is 14.8 Å². The van der Waals surface area contributed by atoms with Gasteiger partial charge in [-0.25, -0.2) is 4.98 Å². The minimum absolute atomic E-state index is 0.144. The molecular formula is C15H13N3O. The van der Waals surface area contributed by atoms with Crippen LogP contribution in [0.15, 0.2) is 42.6 Å². The lowest BCUT2D eigenvalue weighted by Crippen LogP contribution is -2.06. The van der Waals surface area contributed by atoms with E-state index in [4.69, 9.17) is 0 Å². The Morgan fingerprint density at radius 3 is 2.68 bits per heavy atom. The van der Waals surface area contributed by atoms with E-state index in [1.807, 2.05) is 37.3 Å². The topological polar surface area (TPSA) is 47.8 Å². The molecule has 2 aromatic heterocycles. The Balaban J connectivity index is 2.13. The van der Waals surface area contributed by atoms with Gasteiger partial charge in [0.1, 0.15) is 11.4 Å². The molecule has 3 aromatic rings. The van der Waals surface area contributed by atoms with Crippen LogP contribution in [0, 0.1) is 6.92 Å². The molecule has 4 heteroatoms. The van der Waals surface area contributed by atoms with Crippen molar-refractivity contribution in [3.63, 3.8) is 0 Å². The number of ketones is 1. The van der Waals surface area contributed by atoms with E-state index < -0.39 is 0 Å². The highest BCUT2D eigenvalue weighted by Crippen LogP contribution is 2.18. The predicted molar refractivity (Wildman–Crippen MR) is 73.1 cm³/mol. The summed E-state index contributed by atoms with van der Waals surface area (Å²) in [6.45, 7) is 1.99. The van der Waals surface area contributed by atoms with Crippen LogP contribution < -0.4 is 0 Å². The molecule has 2 heterocycles. The van der Waals surface area contributed by atoms with E-state index in [1.54, 1.807) is 24.0 Å². The number of hydrogen-bond acceptors (Lipinski definition) is 3. The summed E-state index contributed by atoms with van der Waals surface area (Å²) in [7, 11) is 1.79. The second-order valence-corrected chi connectivity index (χ2v) is 4.55. The fourth-order valence-corrected chi connectivity index (χ4v) is 2.13. The number of aromatic nitrogens is 3. The van der Waals surface area contributed by atoms with Crippen LogP contribution in [0.5, 0.6) is 0 Å². The third kappa shape index (κ3) is 2.01. The molecule has 0 bridgehead atoms. The Kier molecular flexibility index (Phi) is 2.63. The lowest BCUT2D eigenvalue weighted by Gasteiger charge is -2.04. The van der Waals surface area contributed by atoms with E-state index in [0.29, 0.717) is 11.4 Å². The van der Waals surface area contributed by atoms with Gasteiger partial charge in [-0.1, -0.05) is 18.2 Å². The third-order valence-corrected chi connectivity index (χ3v) is 3.10. The average molecular weight is 251 g/mol. The highest BCUT2D eigenvalue weighted by atomic mass is 16.1. The number of hydrogen-bond donors (Lipinski definition) is 0. The number of pyridine rings is 1. The largest absolute Gasteiger partial charge is 0.285 e. The predicted octanol–water partition coefficient (Wildman–Crippen LogP) is 2.51. The van der Waals surface area contributed by atoms with E-state index in [2.05, 4.69) is 10.1 Å². The number of benzene rings is 1. The minimum Gasteiger partial charge on any atom is -0.285 e. The average Bonchev–Trinajstić information content (AvgIpc) is 2.84. The van der Waals surface area contributed by atoms with Crippen molar-refractivity contribution in [2.75, 3.05) is 0 Å². The van der Waals surface area contributed by atoms with Crippen molar-refractivity contribution in [1.29, 1.82) is 0 Å². The SMILES string of the molecule is Cc1cc(C(=O)c2ccn(C)n2)nc2ccccc12. The van der Waals surface area contributed by atoms with Crippen molar-refractivity contribution < 1.29 is 4.79 Å². The number of para-hydroxylation sites is 1. The summed E-state index contributed by atoms with van der Waals surface area (Å²) in [5, 5.41) is 5.19. The number of fused-ring (bicyclic) bond motifs is 1. The molecule has 0 radical (unpaired) electrons. The van der Waals surface area contributed by atoms with Crippen LogP contribution in [0.2, 0.25) is 0 Å². The van der Waals surface area contributed by atoms with E-state index in [9.17, 15) is 4.79 Å². The summed E-state index contributed by atoms with van der Waals surface area (Å²) in [6, 6.07) is 11.3. The van der Waals surface area contributed by atoms with Gasteiger partial charge in [0.15, 0.2) is 0 Å². The standard InChI is InChI=1S/C15H13N3O/c1-10-9-14(15(19)13-7-8-18(2)17-13)16-12-6-4-3-5-11(10)12/h3-9H,1-2H3. The molecule has 0 spiro atoms. The molecule has 0 saturated heterocycles. The Morgan fingerprint density at radius 2 is 1.95 bits per heavy atom. The molecule has 0 aliphatic rings. The molecule has 4 nitrogen and oxygen atoms in total. The van der Waals surface area contributed by atoms with Crippen LogP contribution in [-0.2, 0) is 7.05 Å². The van der Waals surface area contributed by atoms with Crippen molar-refractivity contribution in [3.05, 3.63) is 59.5 Å². The Bertz CT molecular complexity index is 774. The molecule has 1 aromatic carbocycles. The quantitative estimate of drug-likeness (QED) is 0.657. The molecule has 3 rings (SSSR count). The van der Waals surface area contributed by atoms with Crippen LogP contribution in [-0.4, -0.2) is 20.5 Å². The lowest BCUT2D eigenvalue weighted by atomic mass is 10.1. The van der Waals surface area contributed by atoms with Gasteiger partial charge in [0.25, 0.3) is 0 Å². The summed E-state index contributed by atoms with van der Waals surface area (Å²) in [6.07, 6.45) is 1.75. The fraction of sp³-hybridized carbons (Fsp3) is 0.133. The second kappa shape index (κ2) is 4.31. The zero-order valence-electron chi connectivity index (χ0n) is 10.8. The molecule has 19 heavy (non-hydrogen) atoms. The molecule has 94 valence electrons. The van der Waals surface area contributed by atoms with Gasteiger partial charge in [0, 0.05) is 18.6 Å². The summed E-state index contributed by atoms with van der Waals surface area (Å²) >= 11 is 0. The number of carbonyl (C=O) groups is 1. The molecule has 0 aliphatic carbocycles. The molecular weight excluding hydrogens is 238 g/mol. The molecule has 0 fully saturated rings. The first-order valence-corrected chi connectivity index (χ1v) is 6.06. The smallest absolute Gasteiger partial charge is 0.231 e. The maximum Gasteiger partial charge on any atom is 0.231 e. The fourth-order valence-electron chi connectivity index (χ4n) is 2.13. The van der Waals surface area contributed by atoms with E-state index in [1.165, 1.54) is 0 Å². The van der Waals surface area contributed by atoms with Crippen LogP contribution >= 0.6 is 0 Å². The van der Waals surface area contributed by atoms with Crippen molar-refractivity contribution in [2.45, 2.75) is 6.92 Å². The minimum atomic E-state index is -0.144. The monoisotopic (exact) mass is 251 g/mol. The second-order valence-electron chi connectivity index (χ2n) is 4.55. The molecule has 0 saturated carbocycles. The van der Waals surface area contributed by atoms with Gasteiger partial charge >= 0.3 is 0 Å². The van der Waals surface area contributed by atoms with Crippen molar-refractivity contribution in [2.24, 2.45) is 7.05 Å². The van der Waals surface area contributed by atoms with E-state index >= 15 is 0 Å². The van der Waals surface area contributed by atoms with Crippen LogP contribution in [0.3, 0.4) is 0 Å². The lowest BCUT2D eigenvalue weighted by molar-refractivity contribution is 0.102. The van der Waals surface area contributed by atoms with Crippen LogP contribution in [0.25, 0.3) is 10.9 Å². The summed E-state index contributed by atoms with van der Waals surface area (Å²) in [4.78, 5) is 16.7. The number of rotatable bonds is 2. The van der Waals surface area contributed by atoms with Crippen molar-refractivity contribution in [3.8, 4) is 0 Å². The highest BCUT2D eigenvalue weighted by molar-refractivity contribution is 6.07. The summed E-state index contributed by atoms with van der Waals surface area (Å²) < 4.78 is 1.61. The van der Waals surface area contributed by atoms with Gasteiger partial charge in [-0.2, -0.15) is 5.10 Å². The van der Waals surface area contributed by atoms with E-state index in [0.717, 1.165) is 16.5 Å². The van der Waals surface area contributed by atoms with Gasteiger partial charge in [-0.3, -0.25) is 9.48 Å². The van der Waals surface area contributed by atoms with Gasteiger partial charge in [0.2, 0.25) is 5.78 Å². The van der Waals surface area contributed by atoms with Gasteiger partial charge in [0.05, 0.1) is 5.52 Å². The first-order chi connectivity index (χ1) is 9.15. The summed E-state index contributed by atoms with van der Waals surface area (Å²) in [5.74, 6) is -0.144. The maximum atomic E-state index is 12.3. The van der Waals surface area contributed by atoms with Crippen LogP contribution in [0.4, 0.5) is 0 Å². The Hall–Kier alpha value is -2.49. The molecule has 0 atom stereocenters. The normalized spacial score (nSPS) is 10.8. The number of aryl methyl sites for hydroxylation is 2.